The summed E-state index contributed by atoms with van der Waals surface area (Å²) in [5.41, 5.74) is 2.81. The Morgan fingerprint density at radius 3 is 2.75 bits per heavy atom. The summed E-state index contributed by atoms with van der Waals surface area (Å²) in [7, 11) is 0. The highest BCUT2D eigenvalue weighted by molar-refractivity contribution is 6.30. The van der Waals surface area contributed by atoms with Gasteiger partial charge in [0.15, 0.2) is 0 Å². The van der Waals surface area contributed by atoms with E-state index < -0.39 is 5.82 Å². The van der Waals surface area contributed by atoms with Crippen molar-refractivity contribution in [3.05, 3.63) is 46.5 Å². The van der Waals surface area contributed by atoms with Gasteiger partial charge in [0.05, 0.1) is 16.4 Å². The molecule has 4 heteroatoms. The molecule has 0 N–H and O–H groups in total. The van der Waals surface area contributed by atoms with Gasteiger partial charge in [-0.15, -0.1) is 0 Å². The third-order valence-corrected chi connectivity index (χ3v) is 2.70. The number of benzene rings is 1. The number of aryl methyl sites for hydroxylation is 2. The minimum absolute atomic E-state index is 0.118. The van der Waals surface area contributed by atoms with Crippen LogP contribution >= 0.6 is 11.6 Å². The fraction of sp³-hybridized carbons (Fsp3) is 0.250. The van der Waals surface area contributed by atoms with Crippen molar-refractivity contribution >= 4 is 11.6 Å². The smallest absolute Gasteiger partial charge is 0.141 e. The Kier molecular flexibility index (Phi) is 2.97. The van der Waals surface area contributed by atoms with Crippen molar-refractivity contribution in [1.29, 1.82) is 0 Å². The van der Waals surface area contributed by atoms with E-state index in [1.165, 1.54) is 6.07 Å². The van der Waals surface area contributed by atoms with Crippen LogP contribution in [-0.2, 0) is 6.42 Å². The lowest BCUT2D eigenvalue weighted by molar-refractivity contribution is 0.627. The van der Waals surface area contributed by atoms with Crippen LogP contribution in [0.15, 0.2) is 24.3 Å². The van der Waals surface area contributed by atoms with Crippen LogP contribution in [0.2, 0.25) is 5.02 Å². The lowest BCUT2D eigenvalue weighted by Gasteiger charge is -2.06. The van der Waals surface area contributed by atoms with Gasteiger partial charge in [-0.1, -0.05) is 18.5 Å². The van der Waals surface area contributed by atoms with Crippen LogP contribution in [0.25, 0.3) is 5.69 Å². The molecule has 16 heavy (non-hydrogen) atoms. The van der Waals surface area contributed by atoms with Crippen LogP contribution in [0.5, 0.6) is 0 Å². The molecule has 1 aromatic carbocycles. The largest absolute Gasteiger partial charge is 0.238 e. The van der Waals surface area contributed by atoms with Crippen molar-refractivity contribution in [2.75, 3.05) is 0 Å². The highest BCUT2D eigenvalue weighted by atomic mass is 35.5. The van der Waals surface area contributed by atoms with E-state index in [0.717, 1.165) is 23.5 Å². The maximum Gasteiger partial charge on any atom is 0.141 e. The summed E-state index contributed by atoms with van der Waals surface area (Å²) in [6.45, 7) is 3.98. The minimum Gasteiger partial charge on any atom is -0.238 e. The van der Waals surface area contributed by atoms with Gasteiger partial charge in [0.2, 0.25) is 0 Å². The Hall–Kier alpha value is -1.35. The van der Waals surface area contributed by atoms with E-state index in [1.807, 2.05) is 13.0 Å². The van der Waals surface area contributed by atoms with Gasteiger partial charge in [0.1, 0.15) is 5.82 Å². The number of halogens is 2. The normalized spacial score (nSPS) is 10.8. The number of hydrogen-bond donors (Lipinski definition) is 0. The summed E-state index contributed by atoms with van der Waals surface area (Å²) < 4.78 is 14.8. The lowest BCUT2D eigenvalue weighted by atomic mass is 10.2. The number of hydrogen-bond acceptors (Lipinski definition) is 1. The van der Waals surface area contributed by atoms with Gasteiger partial charge in [0.25, 0.3) is 0 Å². The Morgan fingerprint density at radius 2 is 2.12 bits per heavy atom. The van der Waals surface area contributed by atoms with Gasteiger partial charge >= 0.3 is 0 Å². The summed E-state index contributed by atoms with van der Waals surface area (Å²) in [5.74, 6) is -0.410. The molecule has 0 saturated carbocycles. The molecule has 0 bridgehead atoms. The summed E-state index contributed by atoms with van der Waals surface area (Å²) in [5, 5.41) is 4.48. The number of rotatable bonds is 2. The number of nitrogens with zero attached hydrogens (tertiary/aromatic N) is 2. The van der Waals surface area contributed by atoms with Gasteiger partial charge in [-0.3, -0.25) is 0 Å². The first-order valence-corrected chi connectivity index (χ1v) is 5.50. The monoisotopic (exact) mass is 238 g/mol. The Bertz CT molecular complexity index is 520. The summed E-state index contributed by atoms with van der Waals surface area (Å²) in [6.07, 6.45) is 0.871. The maximum absolute atomic E-state index is 13.0. The van der Waals surface area contributed by atoms with Crippen molar-refractivity contribution in [3.8, 4) is 5.69 Å². The molecule has 0 aliphatic carbocycles. The van der Waals surface area contributed by atoms with Gasteiger partial charge in [0, 0.05) is 5.69 Å². The van der Waals surface area contributed by atoms with Crippen LogP contribution in [0.3, 0.4) is 0 Å². The van der Waals surface area contributed by atoms with Gasteiger partial charge in [-0.2, -0.15) is 5.10 Å². The van der Waals surface area contributed by atoms with E-state index in [2.05, 4.69) is 12.0 Å². The zero-order valence-corrected chi connectivity index (χ0v) is 9.92. The highest BCUT2D eigenvalue weighted by Crippen LogP contribution is 2.20. The fourth-order valence-electron chi connectivity index (χ4n) is 1.65. The summed E-state index contributed by atoms with van der Waals surface area (Å²) >= 11 is 5.75. The topological polar surface area (TPSA) is 17.8 Å². The van der Waals surface area contributed by atoms with Crippen molar-refractivity contribution < 1.29 is 4.39 Å². The molecule has 1 aromatic heterocycles. The highest BCUT2D eigenvalue weighted by Gasteiger charge is 2.08. The molecule has 0 saturated heterocycles. The second-order valence-electron chi connectivity index (χ2n) is 3.64. The van der Waals surface area contributed by atoms with E-state index in [-0.39, 0.29) is 5.02 Å². The molecule has 84 valence electrons. The van der Waals surface area contributed by atoms with E-state index >= 15 is 0 Å². The molecule has 0 amide bonds. The molecular formula is C12H12ClFN2. The molecule has 2 nitrogen and oxygen atoms in total. The zero-order chi connectivity index (χ0) is 11.7. The predicted octanol–water partition coefficient (Wildman–Crippen LogP) is 3.54. The molecule has 1 heterocycles. The molecular weight excluding hydrogens is 227 g/mol. The van der Waals surface area contributed by atoms with E-state index in [1.54, 1.807) is 16.8 Å². The molecule has 0 radical (unpaired) electrons. The molecule has 0 spiro atoms. The standard InChI is InChI=1S/C12H12ClFN2/c1-3-9-6-8(2)15-16(9)10-4-5-12(14)11(13)7-10/h4-7H,3H2,1-2H3. The minimum atomic E-state index is -0.410. The molecule has 2 rings (SSSR count). The van der Waals surface area contributed by atoms with Crippen LogP contribution < -0.4 is 0 Å². The molecule has 0 unspecified atom stereocenters. The maximum atomic E-state index is 13.0. The van der Waals surface area contributed by atoms with Gasteiger partial charge in [-0.05, 0) is 37.6 Å². The van der Waals surface area contributed by atoms with Crippen molar-refractivity contribution in [3.63, 3.8) is 0 Å². The molecule has 0 aliphatic rings. The summed E-state index contributed by atoms with van der Waals surface area (Å²) in [6, 6.07) is 6.63. The third-order valence-electron chi connectivity index (χ3n) is 2.42. The summed E-state index contributed by atoms with van der Waals surface area (Å²) in [4.78, 5) is 0. The van der Waals surface area contributed by atoms with E-state index in [4.69, 9.17) is 11.6 Å². The Morgan fingerprint density at radius 1 is 1.38 bits per heavy atom. The van der Waals surface area contributed by atoms with Gasteiger partial charge in [-0.25, -0.2) is 9.07 Å². The molecule has 0 aliphatic heterocycles. The second-order valence-corrected chi connectivity index (χ2v) is 4.05. The van der Waals surface area contributed by atoms with Crippen LogP contribution in [0.1, 0.15) is 18.3 Å². The zero-order valence-electron chi connectivity index (χ0n) is 9.17. The first kappa shape index (κ1) is 11.1. The van der Waals surface area contributed by atoms with Crippen LogP contribution in [0.4, 0.5) is 4.39 Å². The second kappa shape index (κ2) is 4.26. The first-order valence-electron chi connectivity index (χ1n) is 5.12. The fourth-order valence-corrected chi connectivity index (χ4v) is 1.82. The van der Waals surface area contributed by atoms with Crippen LogP contribution in [0, 0.1) is 12.7 Å². The molecule has 2 aromatic rings. The lowest BCUT2D eigenvalue weighted by Crippen LogP contribution is -2.01. The van der Waals surface area contributed by atoms with E-state index in [0.29, 0.717) is 0 Å². The first-order chi connectivity index (χ1) is 7.61. The van der Waals surface area contributed by atoms with Crippen molar-refractivity contribution in [1.82, 2.24) is 9.78 Å². The van der Waals surface area contributed by atoms with Crippen molar-refractivity contribution in [2.45, 2.75) is 20.3 Å². The quantitative estimate of drug-likeness (QED) is 0.783. The third kappa shape index (κ3) is 1.95. The van der Waals surface area contributed by atoms with E-state index in [9.17, 15) is 4.39 Å². The Labute approximate surface area is 98.7 Å². The molecule has 0 atom stereocenters. The number of aromatic nitrogens is 2. The van der Waals surface area contributed by atoms with Crippen LogP contribution in [-0.4, -0.2) is 9.78 Å². The van der Waals surface area contributed by atoms with Crippen molar-refractivity contribution in [2.24, 2.45) is 0 Å². The van der Waals surface area contributed by atoms with Gasteiger partial charge < -0.3 is 0 Å². The average Bonchev–Trinajstić information content (AvgIpc) is 2.63. The average molecular weight is 239 g/mol. The Balaban J connectivity index is 2.53. The predicted molar refractivity (Wildman–Crippen MR) is 62.6 cm³/mol. The molecule has 0 fully saturated rings. The SMILES string of the molecule is CCc1cc(C)nn1-c1ccc(F)c(Cl)c1.